The van der Waals surface area contributed by atoms with Gasteiger partial charge in [0.1, 0.15) is 24.7 Å². The van der Waals surface area contributed by atoms with E-state index < -0.39 is 0 Å². The lowest BCUT2D eigenvalue weighted by Crippen LogP contribution is -2.18. The van der Waals surface area contributed by atoms with Crippen LogP contribution in [0.1, 0.15) is 25.8 Å². The first-order valence-electron chi connectivity index (χ1n) is 8.97. The van der Waals surface area contributed by atoms with E-state index in [2.05, 4.69) is 13.2 Å². The van der Waals surface area contributed by atoms with Gasteiger partial charge in [-0.2, -0.15) is 0 Å². The van der Waals surface area contributed by atoms with Crippen molar-refractivity contribution in [3.8, 4) is 0 Å². The highest BCUT2D eigenvalue weighted by molar-refractivity contribution is 5.86. The van der Waals surface area contributed by atoms with Gasteiger partial charge in [0.25, 0.3) is 0 Å². The van der Waals surface area contributed by atoms with Crippen LogP contribution in [0.5, 0.6) is 0 Å². The number of rotatable bonds is 1. The zero-order valence-electron chi connectivity index (χ0n) is 15.4. The molecule has 0 amide bonds. The second kappa shape index (κ2) is 7.96. The molecule has 0 spiro atoms. The van der Waals surface area contributed by atoms with Crippen LogP contribution in [-0.2, 0) is 14.2 Å². The molecule has 2 heterocycles. The monoisotopic (exact) mass is 348 g/mol. The Hall–Kier alpha value is -2.94. The van der Waals surface area contributed by atoms with Crippen molar-refractivity contribution in [3.05, 3.63) is 101 Å². The van der Waals surface area contributed by atoms with Crippen LogP contribution < -0.4 is 0 Å². The third-order valence-electron chi connectivity index (χ3n) is 4.27. The topological polar surface area (TPSA) is 27.7 Å². The van der Waals surface area contributed by atoms with Gasteiger partial charge in [-0.1, -0.05) is 63.4 Å². The van der Waals surface area contributed by atoms with Crippen molar-refractivity contribution in [3.63, 3.8) is 0 Å². The lowest BCUT2D eigenvalue weighted by molar-refractivity contribution is 0.0652. The van der Waals surface area contributed by atoms with E-state index in [9.17, 15) is 0 Å². The summed E-state index contributed by atoms with van der Waals surface area (Å²) < 4.78 is 17.5. The number of ether oxygens (including phenoxy) is 3. The third kappa shape index (κ3) is 3.25. The molecule has 3 nitrogen and oxygen atoms in total. The zero-order valence-corrected chi connectivity index (χ0v) is 15.4. The molecule has 0 unspecified atom stereocenters. The molecule has 3 aliphatic rings. The average Bonchev–Trinajstić information content (AvgIpc) is 2.69. The Morgan fingerprint density at radius 1 is 0.923 bits per heavy atom. The summed E-state index contributed by atoms with van der Waals surface area (Å²) in [7, 11) is 0. The van der Waals surface area contributed by atoms with Crippen LogP contribution in [0.3, 0.4) is 0 Å². The second-order valence-corrected chi connectivity index (χ2v) is 5.77. The SMILES string of the molecule is C=C1C(c2ccccc2)=COC2=C1C(=C)C1=C(C/C=C\2)OCCO1.CC. The molecule has 134 valence electrons. The van der Waals surface area contributed by atoms with E-state index in [4.69, 9.17) is 14.2 Å². The summed E-state index contributed by atoms with van der Waals surface area (Å²) in [6.07, 6.45) is 6.38. The minimum atomic E-state index is 0.527. The summed E-state index contributed by atoms with van der Waals surface area (Å²) in [5.74, 6) is 2.26. The fourth-order valence-corrected chi connectivity index (χ4v) is 3.10. The normalized spacial score (nSPS) is 20.0. The van der Waals surface area contributed by atoms with Crippen LogP contribution in [-0.4, -0.2) is 13.2 Å². The van der Waals surface area contributed by atoms with E-state index in [0.717, 1.165) is 39.4 Å². The fraction of sp³-hybridized carbons (Fsp3) is 0.217. The standard InChI is InChI=1S/C21H18O3.C2H6/c1-14-17(16-7-4-3-5-8-16)13-24-18-9-6-10-19-21(15(2)20(14)18)23-12-11-22-19;1-2/h3-9,13H,1-2,10-12H2;1-2H3/b9-6-;. The van der Waals surface area contributed by atoms with Gasteiger partial charge in [0.05, 0.1) is 6.26 Å². The van der Waals surface area contributed by atoms with Gasteiger partial charge in [-0.3, -0.25) is 0 Å². The number of hydrogen-bond donors (Lipinski definition) is 0. The van der Waals surface area contributed by atoms with E-state index in [1.165, 1.54) is 0 Å². The maximum atomic E-state index is 5.90. The van der Waals surface area contributed by atoms with E-state index in [1.807, 2.05) is 56.3 Å². The van der Waals surface area contributed by atoms with Gasteiger partial charge in [0, 0.05) is 23.1 Å². The molecule has 3 heteroatoms. The second-order valence-electron chi connectivity index (χ2n) is 5.77. The number of allylic oxidation sites excluding steroid dienone is 5. The van der Waals surface area contributed by atoms with Crippen molar-refractivity contribution >= 4 is 5.57 Å². The van der Waals surface area contributed by atoms with Crippen molar-refractivity contribution in [1.82, 2.24) is 0 Å². The predicted molar refractivity (Wildman–Crippen MR) is 105 cm³/mol. The molecule has 4 rings (SSSR count). The molecule has 1 aromatic rings. The molecule has 0 aromatic heterocycles. The quantitative estimate of drug-likeness (QED) is 0.654. The molecule has 0 bridgehead atoms. The van der Waals surface area contributed by atoms with Crippen LogP contribution >= 0.6 is 0 Å². The summed E-state index contributed by atoms with van der Waals surface area (Å²) >= 11 is 0. The van der Waals surface area contributed by atoms with Crippen LogP contribution in [0.2, 0.25) is 0 Å². The van der Waals surface area contributed by atoms with Crippen LogP contribution in [0, 0.1) is 0 Å². The predicted octanol–water partition coefficient (Wildman–Crippen LogP) is 5.67. The van der Waals surface area contributed by atoms with Crippen LogP contribution in [0.25, 0.3) is 5.57 Å². The smallest absolute Gasteiger partial charge is 0.164 e. The van der Waals surface area contributed by atoms with Gasteiger partial charge in [-0.15, -0.1) is 0 Å². The first kappa shape index (κ1) is 17.9. The lowest BCUT2D eigenvalue weighted by Gasteiger charge is -2.29. The summed E-state index contributed by atoms with van der Waals surface area (Å²) in [5.41, 5.74) is 4.51. The van der Waals surface area contributed by atoms with Crippen LogP contribution in [0.4, 0.5) is 0 Å². The van der Waals surface area contributed by atoms with Crippen molar-refractivity contribution in [2.45, 2.75) is 20.3 Å². The average molecular weight is 348 g/mol. The molecule has 0 saturated heterocycles. The maximum Gasteiger partial charge on any atom is 0.164 e. The van der Waals surface area contributed by atoms with Crippen molar-refractivity contribution < 1.29 is 14.2 Å². The highest BCUT2D eigenvalue weighted by Crippen LogP contribution is 2.41. The minimum absolute atomic E-state index is 0.527. The van der Waals surface area contributed by atoms with Gasteiger partial charge in [-0.05, 0) is 17.2 Å². The molecule has 1 aliphatic carbocycles. The first-order valence-corrected chi connectivity index (χ1v) is 8.97. The third-order valence-corrected chi connectivity index (χ3v) is 4.27. The fourth-order valence-electron chi connectivity index (χ4n) is 3.10. The molecule has 26 heavy (non-hydrogen) atoms. The summed E-state index contributed by atoms with van der Waals surface area (Å²) in [5, 5.41) is 0. The molecular weight excluding hydrogens is 324 g/mol. The van der Waals surface area contributed by atoms with E-state index in [-0.39, 0.29) is 0 Å². The number of benzene rings is 1. The van der Waals surface area contributed by atoms with E-state index in [1.54, 1.807) is 6.26 Å². The summed E-state index contributed by atoms with van der Waals surface area (Å²) in [6, 6.07) is 10.1. The molecule has 2 aliphatic heterocycles. The van der Waals surface area contributed by atoms with Crippen LogP contribution in [0.15, 0.2) is 95.9 Å². The molecule has 0 radical (unpaired) electrons. The maximum absolute atomic E-state index is 5.90. The number of hydrogen-bond acceptors (Lipinski definition) is 3. The molecule has 0 saturated carbocycles. The van der Waals surface area contributed by atoms with Gasteiger partial charge in [0.2, 0.25) is 0 Å². The van der Waals surface area contributed by atoms with Crippen molar-refractivity contribution in [2.75, 3.05) is 13.2 Å². The van der Waals surface area contributed by atoms with Crippen molar-refractivity contribution in [2.24, 2.45) is 0 Å². The first-order chi connectivity index (χ1) is 12.8. The minimum Gasteiger partial charge on any atom is -0.490 e. The van der Waals surface area contributed by atoms with Gasteiger partial charge >= 0.3 is 0 Å². The van der Waals surface area contributed by atoms with Gasteiger partial charge in [0.15, 0.2) is 5.76 Å². The highest BCUT2D eigenvalue weighted by atomic mass is 16.6. The molecular formula is C23H24O3. The zero-order chi connectivity index (χ0) is 18.5. The summed E-state index contributed by atoms with van der Waals surface area (Å²) in [4.78, 5) is 0. The van der Waals surface area contributed by atoms with E-state index in [0.29, 0.717) is 25.4 Å². The Labute approximate surface area is 155 Å². The molecule has 1 aromatic carbocycles. The Kier molecular flexibility index (Phi) is 5.47. The molecule has 0 atom stereocenters. The molecule has 0 fully saturated rings. The van der Waals surface area contributed by atoms with Gasteiger partial charge < -0.3 is 14.2 Å². The van der Waals surface area contributed by atoms with Gasteiger partial charge in [-0.25, -0.2) is 0 Å². The van der Waals surface area contributed by atoms with Crippen molar-refractivity contribution in [1.29, 1.82) is 0 Å². The van der Waals surface area contributed by atoms with E-state index >= 15 is 0 Å². The Morgan fingerprint density at radius 3 is 2.42 bits per heavy atom. The highest BCUT2D eigenvalue weighted by Gasteiger charge is 2.29. The summed E-state index contributed by atoms with van der Waals surface area (Å²) in [6.45, 7) is 13.6. The Balaban J connectivity index is 0.000000948. The lowest BCUT2D eigenvalue weighted by atomic mass is 9.86. The Bertz CT molecular complexity index is 835. The largest absolute Gasteiger partial charge is 0.490 e. The molecule has 0 N–H and O–H groups in total. The Morgan fingerprint density at radius 2 is 1.65 bits per heavy atom.